The van der Waals surface area contributed by atoms with Crippen LogP contribution < -0.4 is 10.6 Å². The topological polar surface area (TPSA) is 44.4 Å². The maximum absolute atomic E-state index is 11.2. The molecule has 2 N–H and O–H groups in total. The Morgan fingerprint density at radius 1 is 1.54 bits per heavy atom. The summed E-state index contributed by atoms with van der Waals surface area (Å²) in [7, 11) is 0. The fourth-order valence-electron chi connectivity index (χ4n) is 1.39. The van der Waals surface area contributed by atoms with Crippen molar-refractivity contribution in [2.75, 3.05) is 19.6 Å². The minimum atomic E-state index is -0.0330. The normalized spacial score (nSPS) is 19.8. The van der Waals surface area contributed by atoms with Crippen LogP contribution >= 0.6 is 22.9 Å². The van der Waals surface area contributed by atoms with E-state index in [2.05, 4.69) is 36.6 Å². The van der Waals surface area contributed by atoms with Gasteiger partial charge in [-0.25, -0.2) is 7.91 Å². The molecular weight excluding hydrogens is 281 g/mol. The number of carbonyl (C=O) groups is 1. The molecule has 1 aliphatic heterocycles. The molecular formula is C8H16IN3O. The lowest BCUT2D eigenvalue weighted by molar-refractivity contribution is 0.231. The lowest BCUT2D eigenvalue weighted by Gasteiger charge is -2.27. The maximum Gasteiger partial charge on any atom is 0.314 e. The molecule has 0 aliphatic carbocycles. The highest BCUT2D eigenvalue weighted by Crippen LogP contribution is 2.13. The summed E-state index contributed by atoms with van der Waals surface area (Å²) in [6.07, 6.45) is 2.11. The van der Waals surface area contributed by atoms with E-state index in [9.17, 15) is 4.79 Å². The second-order valence-corrected chi connectivity index (χ2v) is 4.55. The zero-order valence-electron chi connectivity index (χ0n) is 7.85. The van der Waals surface area contributed by atoms with E-state index in [1.54, 1.807) is 0 Å². The Labute approximate surface area is 92.9 Å². The van der Waals surface area contributed by atoms with Crippen LogP contribution in [-0.4, -0.2) is 34.8 Å². The van der Waals surface area contributed by atoms with Crippen molar-refractivity contribution in [2.45, 2.75) is 25.8 Å². The molecule has 1 rings (SSSR count). The number of amides is 2. The molecule has 0 saturated carbocycles. The molecule has 0 aromatic rings. The van der Waals surface area contributed by atoms with E-state index in [0.29, 0.717) is 12.6 Å². The molecule has 1 saturated heterocycles. The van der Waals surface area contributed by atoms with Gasteiger partial charge in [-0.05, 0) is 19.8 Å². The van der Waals surface area contributed by atoms with Crippen LogP contribution in [-0.2, 0) is 0 Å². The van der Waals surface area contributed by atoms with Crippen molar-refractivity contribution in [2.24, 2.45) is 0 Å². The van der Waals surface area contributed by atoms with E-state index in [4.69, 9.17) is 0 Å². The van der Waals surface area contributed by atoms with Gasteiger partial charge in [0.25, 0.3) is 0 Å². The number of carbonyl (C=O) groups excluding carboxylic acids is 1. The fraction of sp³-hybridized carbons (Fsp3) is 0.875. The number of urea groups is 1. The molecule has 13 heavy (non-hydrogen) atoms. The Kier molecular flexibility index (Phi) is 4.79. The molecule has 2 amide bonds. The van der Waals surface area contributed by atoms with E-state index in [-0.39, 0.29) is 6.03 Å². The third-order valence-electron chi connectivity index (χ3n) is 2.11. The first kappa shape index (κ1) is 11.0. The number of nitrogens with one attached hydrogen (secondary N) is 2. The lowest BCUT2D eigenvalue weighted by Crippen LogP contribution is -2.46. The summed E-state index contributed by atoms with van der Waals surface area (Å²) in [6, 6.07) is 0.326. The van der Waals surface area contributed by atoms with Gasteiger partial charge in [0.05, 0.1) is 0 Å². The minimum absolute atomic E-state index is 0.0330. The molecule has 0 unspecified atom stereocenters. The first-order chi connectivity index (χ1) is 6.22. The minimum Gasteiger partial charge on any atom is -0.338 e. The number of halogens is 1. The van der Waals surface area contributed by atoms with Crippen LogP contribution in [0.5, 0.6) is 0 Å². The number of rotatable bonds is 2. The van der Waals surface area contributed by atoms with Crippen LogP contribution in [0.25, 0.3) is 0 Å². The molecule has 0 atom stereocenters. The molecule has 1 aliphatic rings. The van der Waals surface area contributed by atoms with Gasteiger partial charge >= 0.3 is 6.03 Å². The molecule has 0 aromatic carbocycles. The fourth-order valence-corrected chi connectivity index (χ4v) is 1.95. The number of hydrogen-bond acceptors (Lipinski definition) is 2. The molecule has 0 spiro atoms. The highest BCUT2D eigenvalue weighted by atomic mass is 127. The van der Waals surface area contributed by atoms with E-state index >= 15 is 0 Å². The van der Waals surface area contributed by atoms with Crippen molar-refractivity contribution < 1.29 is 4.79 Å². The Morgan fingerprint density at radius 2 is 2.15 bits per heavy atom. The summed E-state index contributed by atoms with van der Waals surface area (Å²) in [5, 5.41) is 5.70. The van der Waals surface area contributed by atoms with Crippen LogP contribution in [0.3, 0.4) is 0 Å². The number of nitrogens with zero attached hydrogens (tertiary/aromatic N) is 1. The number of piperidine rings is 1. The van der Waals surface area contributed by atoms with Gasteiger partial charge in [0, 0.05) is 48.5 Å². The molecule has 5 heteroatoms. The molecule has 4 nitrogen and oxygen atoms in total. The van der Waals surface area contributed by atoms with Gasteiger partial charge in [-0.3, -0.25) is 0 Å². The van der Waals surface area contributed by atoms with Crippen LogP contribution in [0.15, 0.2) is 0 Å². The molecule has 1 fully saturated rings. The summed E-state index contributed by atoms with van der Waals surface area (Å²) in [5.41, 5.74) is 0. The molecule has 0 aromatic heterocycles. The van der Waals surface area contributed by atoms with Crippen molar-refractivity contribution >= 4 is 28.9 Å². The van der Waals surface area contributed by atoms with Gasteiger partial charge in [-0.2, -0.15) is 0 Å². The Hall–Kier alpha value is -0.0400. The smallest absolute Gasteiger partial charge is 0.314 e. The largest absolute Gasteiger partial charge is 0.338 e. The first-order valence-electron chi connectivity index (χ1n) is 4.67. The molecule has 0 radical (unpaired) electrons. The summed E-state index contributed by atoms with van der Waals surface area (Å²) >= 11 is 2.32. The monoisotopic (exact) mass is 297 g/mol. The highest BCUT2D eigenvalue weighted by Gasteiger charge is 2.18. The van der Waals surface area contributed by atoms with Gasteiger partial charge < -0.3 is 10.6 Å². The zero-order chi connectivity index (χ0) is 9.68. The second kappa shape index (κ2) is 5.64. The van der Waals surface area contributed by atoms with E-state index in [0.717, 1.165) is 25.9 Å². The van der Waals surface area contributed by atoms with Crippen molar-refractivity contribution in [3.05, 3.63) is 0 Å². The van der Waals surface area contributed by atoms with Gasteiger partial charge in [0.1, 0.15) is 0 Å². The molecule has 0 bridgehead atoms. The Balaban J connectivity index is 2.18. The van der Waals surface area contributed by atoms with Crippen LogP contribution in [0.4, 0.5) is 4.79 Å². The average molecular weight is 297 g/mol. The van der Waals surface area contributed by atoms with Crippen molar-refractivity contribution in [1.29, 1.82) is 0 Å². The number of hydrogen-bond donors (Lipinski definition) is 2. The predicted molar refractivity (Wildman–Crippen MR) is 60.8 cm³/mol. The first-order valence-corrected chi connectivity index (χ1v) is 5.64. The molecule has 1 heterocycles. The zero-order valence-corrected chi connectivity index (χ0v) is 10.0. The standard InChI is InChI=1S/C8H16IN3O/c1-2-10-8(13)11-7-3-5-12(9)6-4-7/h7H,2-6H2,1H3,(H2,10,11,13). The summed E-state index contributed by atoms with van der Waals surface area (Å²) in [6.45, 7) is 4.75. The van der Waals surface area contributed by atoms with Crippen molar-refractivity contribution in [3.8, 4) is 0 Å². The van der Waals surface area contributed by atoms with E-state index in [1.807, 2.05) is 6.92 Å². The van der Waals surface area contributed by atoms with Crippen molar-refractivity contribution in [1.82, 2.24) is 13.7 Å². The van der Waals surface area contributed by atoms with Crippen LogP contribution in [0.2, 0.25) is 0 Å². The van der Waals surface area contributed by atoms with Gasteiger partial charge in [-0.15, -0.1) is 0 Å². The lowest BCUT2D eigenvalue weighted by atomic mass is 10.1. The molecule has 76 valence electrons. The van der Waals surface area contributed by atoms with Gasteiger partial charge in [0.15, 0.2) is 0 Å². The third kappa shape index (κ3) is 4.12. The quantitative estimate of drug-likeness (QED) is 0.592. The summed E-state index contributed by atoms with van der Waals surface area (Å²) in [5.74, 6) is 0. The summed E-state index contributed by atoms with van der Waals surface area (Å²) in [4.78, 5) is 11.2. The summed E-state index contributed by atoms with van der Waals surface area (Å²) < 4.78 is 2.26. The Bertz CT molecular complexity index is 169. The van der Waals surface area contributed by atoms with Gasteiger partial charge in [0.2, 0.25) is 0 Å². The predicted octanol–water partition coefficient (Wildman–Crippen LogP) is 1.12. The van der Waals surface area contributed by atoms with Gasteiger partial charge in [-0.1, -0.05) is 0 Å². The van der Waals surface area contributed by atoms with Crippen molar-refractivity contribution in [3.63, 3.8) is 0 Å². The van der Waals surface area contributed by atoms with E-state index in [1.165, 1.54) is 0 Å². The van der Waals surface area contributed by atoms with Crippen LogP contribution in [0, 0.1) is 0 Å². The average Bonchev–Trinajstić information content (AvgIpc) is 2.09. The SMILES string of the molecule is CCNC(=O)NC1CCN(I)CC1. The van der Waals surface area contributed by atoms with Crippen LogP contribution in [0.1, 0.15) is 19.8 Å². The third-order valence-corrected chi connectivity index (χ3v) is 3.08. The maximum atomic E-state index is 11.2. The van der Waals surface area contributed by atoms with E-state index < -0.39 is 0 Å². The Morgan fingerprint density at radius 3 is 2.69 bits per heavy atom. The second-order valence-electron chi connectivity index (χ2n) is 3.19. The highest BCUT2D eigenvalue weighted by molar-refractivity contribution is 14.1.